The van der Waals surface area contributed by atoms with Gasteiger partial charge in [0.15, 0.2) is 5.16 Å². The number of H-pyrrole nitrogens is 1. The van der Waals surface area contributed by atoms with Crippen molar-refractivity contribution in [3.05, 3.63) is 10.5 Å². The van der Waals surface area contributed by atoms with Crippen molar-refractivity contribution >= 4 is 27.7 Å². The van der Waals surface area contributed by atoms with E-state index in [1.807, 2.05) is 6.92 Å². The Hall–Kier alpha value is -0.230. The molecule has 0 saturated carbocycles. The Balaban J connectivity index is 2.56. The fourth-order valence-electron chi connectivity index (χ4n) is 1.50. The molecule has 1 rings (SSSR count). The topological polar surface area (TPSA) is 50.7 Å². The summed E-state index contributed by atoms with van der Waals surface area (Å²) in [6.45, 7) is 4.82. The molecule has 16 heavy (non-hydrogen) atoms. The van der Waals surface area contributed by atoms with Crippen LogP contribution < -0.4 is 5.69 Å². The molecule has 0 amide bonds. The van der Waals surface area contributed by atoms with E-state index in [1.54, 1.807) is 16.3 Å². The Bertz CT molecular complexity index is 363. The van der Waals surface area contributed by atoms with Gasteiger partial charge in [-0.3, -0.25) is 4.57 Å². The second-order valence-electron chi connectivity index (χ2n) is 3.68. The molecule has 1 heterocycles. The van der Waals surface area contributed by atoms with E-state index in [0.717, 1.165) is 16.2 Å². The predicted molar refractivity (Wildman–Crippen MR) is 71.4 cm³/mol. The summed E-state index contributed by atoms with van der Waals surface area (Å²) in [4.78, 5) is 11.3. The van der Waals surface area contributed by atoms with Gasteiger partial charge in [0.05, 0.1) is 0 Å². The molecule has 6 heteroatoms. The lowest BCUT2D eigenvalue weighted by Gasteiger charge is -2.11. The first-order valence-corrected chi connectivity index (χ1v) is 7.67. The largest absolute Gasteiger partial charge is 0.343 e. The van der Waals surface area contributed by atoms with Crippen molar-refractivity contribution < 1.29 is 0 Å². The lowest BCUT2D eigenvalue weighted by Crippen LogP contribution is -2.16. The highest BCUT2D eigenvalue weighted by Crippen LogP contribution is 2.21. The van der Waals surface area contributed by atoms with Crippen molar-refractivity contribution in [2.45, 2.75) is 38.4 Å². The molecule has 0 aliphatic carbocycles. The van der Waals surface area contributed by atoms with Gasteiger partial charge in [0.1, 0.15) is 0 Å². The first kappa shape index (κ1) is 13.8. The van der Waals surface area contributed by atoms with Crippen molar-refractivity contribution in [1.82, 2.24) is 14.8 Å². The van der Waals surface area contributed by atoms with Gasteiger partial charge in [0.2, 0.25) is 0 Å². The number of aromatic nitrogens is 3. The fraction of sp³-hybridized carbons (Fsp3) is 0.800. The lowest BCUT2D eigenvalue weighted by molar-refractivity contribution is 0.594. The third kappa shape index (κ3) is 3.66. The van der Waals surface area contributed by atoms with E-state index < -0.39 is 0 Å². The van der Waals surface area contributed by atoms with Crippen molar-refractivity contribution in [1.29, 1.82) is 0 Å². The molecule has 0 aromatic carbocycles. The van der Waals surface area contributed by atoms with Crippen molar-refractivity contribution in [3.8, 4) is 0 Å². The zero-order chi connectivity index (χ0) is 12.0. The molecule has 0 aliphatic heterocycles. The third-order valence-corrected chi connectivity index (χ3v) is 4.53. The van der Waals surface area contributed by atoms with Gasteiger partial charge in [0, 0.05) is 17.6 Å². The normalized spacial score (nSPS) is 12.9. The molecule has 0 fully saturated rings. The fourth-order valence-corrected chi connectivity index (χ4v) is 3.50. The van der Waals surface area contributed by atoms with E-state index in [4.69, 9.17) is 0 Å². The van der Waals surface area contributed by atoms with Crippen LogP contribution in [0.5, 0.6) is 0 Å². The Morgan fingerprint density at radius 2 is 2.31 bits per heavy atom. The molecule has 0 radical (unpaired) electrons. The van der Waals surface area contributed by atoms with Gasteiger partial charge in [-0.2, -0.15) is 0 Å². The summed E-state index contributed by atoms with van der Waals surface area (Å²) in [5, 5.41) is 8.32. The molecule has 1 atom stereocenters. The Morgan fingerprint density at radius 1 is 1.56 bits per heavy atom. The van der Waals surface area contributed by atoms with Crippen LogP contribution in [0.25, 0.3) is 0 Å². The smallest absolute Gasteiger partial charge is 0.270 e. The van der Waals surface area contributed by atoms with Gasteiger partial charge in [-0.15, -0.1) is 5.10 Å². The Kier molecular flexibility index (Phi) is 6.20. The summed E-state index contributed by atoms with van der Waals surface area (Å²) in [5.41, 5.74) is -0.115. The number of thioether (sulfide) groups is 1. The van der Waals surface area contributed by atoms with E-state index in [0.29, 0.717) is 12.5 Å². The highest BCUT2D eigenvalue weighted by atomic mass is 79.9. The summed E-state index contributed by atoms with van der Waals surface area (Å²) in [6.07, 6.45) is 2.40. The number of nitrogens with zero attached hydrogens (tertiary/aromatic N) is 2. The SMILES string of the molecule is CCCC(CBr)CSc1n[nH]c(=O)n1CC. The van der Waals surface area contributed by atoms with Gasteiger partial charge in [-0.05, 0) is 19.3 Å². The maximum Gasteiger partial charge on any atom is 0.343 e. The monoisotopic (exact) mass is 307 g/mol. The molecule has 0 saturated heterocycles. The quantitative estimate of drug-likeness (QED) is 0.622. The van der Waals surface area contributed by atoms with Gasteiger partial charge in [-0.25, -0.2) is 9.89 Å². The van der Waals surface area contributed by atoms with Crippen LogP contribution in [0.2, 0.25) is 0 Å². The van der Waals surface area contributed by atoms with Crippen LogP contribution in [0.4, 0.5) is 0 Å². The summed E-state index contributed by atoms with van der Waals surface area (Å²) >= 11 is 5.18. The van der Waals surface area contributed by atoms with E-state index in [-0.39, 0.29) is 5.69 Å². The van der Waals surface area contributed by atoms with Crippen molar-refractivity contribution in [2.24, 2.45) is 5.92 Å². The summed E-state index contributed by atoms with van der Waals surface area (Å²) in [7, 11) is 0. The van der Waals surface area contributed by atoms with Crippen LogP contribution in [0.15, 0.2) is 9.95 Å². The van der Waals surface area contributed by atoms with Crippen LogP contribution >= 0.6 is 27.7 Å². The maximum absolute atomic E-state index is 11.3. The maximum atomic E-state index is 11.3. The minimum Gasteiger partial charge on any atom is -0.270 e. The minimum atomic E-state index is -0.115. The summed E-state index contributed by atoms with van der Waals surface area (Å²) < 4.78 is 1.67. The van der Waals surface area contributed by atoms with Gasteiger partial charge >= 0.3 is 5.69 Å². The van der Waals surface area contributed by atoms with E-state index in [2.05, 4.69) is 33.1 Å². The van der Waals surface area contributed by atoms with Gasteiger partial charge < -0.3 is 0 Å². The third-order valence-electron chi connectivity index (χ3n) is 2.40. The second kappa shape index (κ2) is 7.17. The minimum absolute atomic E-state index is 0.115. The molecule has 1 aromatic rings. The molecule has 0 aliphatic rings. The number of hydrogen-bond acceptors (Lipinski definition) is 3. The molecule has 1 unspecified atom stereocenters. The average Bonchev–Trinajstić information content (AvgIpc) is 2.65. The first-order chi connectivity index (χ1) is 7.72. The molecule has 0 spiro atoms. The van der Waals surface area contributed by atoms with Crippen LogP contribution in [0.3, 0.4) is 0 Å². The van der Waals surface area contributed by atoms with E-state index in [9.17, 15) is 4.79 Å². The molecule has 1 aromatic heterocycles. The highest BCUT2D eigenvalue weighted by molar-refractivity contribution is 9.09. The average molecular weight is 308 g/mol. The van der Waals surface area contributed by atoms with Crippen molar-refractivity contribution in [3.63, 3.8) is 0 Å². The van der Waals surface area contributed by atoms with Gasteiger partial charge in [-0.1, -0.05) is 41.0 Å². The van der Waals surface area contributed by atoms with Crippen LogP contribution in [0.1, 0.15) is 26.7 Å². The number of alkyl halides is 1. The van der Waals surface area contributed by atoms with E-state index in [1.165, 1.54) is 12.8 Å². The first-order valence-electron chi connectivity index (χ1n) is 5.56. The highest BCUT2D eigenvalue weighted by Gasteiger charge is 2.11. The molecule has 1 N–H and O–H groups in total. The number of halogens is 1. The number of rotatable bonds is 7. The molecule has 0 bridgehead atoms. The standard InChI is InChI=1S/C10H18BrN3OS/c1-3-5-8(6-11)7-16-10-13-12-9(15)14(10)4-2/h8H,3-7H2,1-2H3,(H,12,15). The predicted octanol–water partition coefficient (Wildman–Crippen LogP) is 2.49. The Labute approximate surface area is 108 Å². The van der Waals surface area contributed by atoms with Crippen LogP contribution in [-0.4, -0.2) is 25.8 Å². The van der Waals surface area contributed by atoms with Crippen molar-refractivity contribution in [2.75, 3.05) is 11.1 Å². The molecular formula is C10H18BrN3OS. The molecular weight excluding hydrogens is 290 g/mol. The second-order valence-corrected chi connectivity index (χ2v) is 5.31. The zero-order valence-corrected chi connectivity index (χ0v) is 12.1. The van der Waals surface area contributed by atoms with Crippen LogP contribution in [-0.2, 0) is 6.54 Å². The van der Waals surface area contributed by atoms with Crippen LogP contribution in [0, 0.1) is 5.92 Å². The Morgan fingerprint density at radius 3 is 2.88 bits per heavy atom. The number of aromatic amines is 1. The molecule has 4 nitrogen and oxygen atoms in total. The zero-order valence-electron chi connectivity index (χ0n) is 9.70. The van der Waals surface area contributed by atoms with Gasteiger partial charge in [0.25, 0.3) is 0 Å². The molecule has 92 valence electrons. The van der Waals surface area contributed by atoms with E-state index >= 15 is 0 Å². The summed E-state index contributed by atoms with van der Waals surface area (Å²) in [6, 6.07) is 0. The number of nitrogens with one attached hydrogen (secondary N) is 1. The number of hydrogen-bond donors (Lipinski definition) is 1. The lowest BCUT2D eigenvalue weighted by atomic mass is 10.1. The summed E-state index contributed by atoms with van der Waals surface area (Å²) in [5.74, 6) is 1.65.